The molecule has 0 atom stereocenters. The third-order valence-corrected chi connectivity index (χ3v) is 3.47. The molecule has 10 heteroatoms. The zero-order valence-electron chi connectivity index (χ0n) is 16.9. The van der Waals surface area contributed by atoms with Crippen LogP contribution in [0.2, 0.25) is 0 Å². The Morgan fingerprint density at radius 2 is 1.77 bits per heavy atom. The summed E-state index contributed by atoms with van der Waals surface area (Å²) in [6, 6.07) is 9.68. The van der Waals surface area contributed by atoms with Crippen molar-refractivity contribution in [3.63, 3.8) is 0 Å². The van der Waals surface area contributed by atoms with Crippen molar-refractivity contribution in [2.24, 2.45) is 5.10 Å². The highest BCUT2D eigenvalue weighted by molar-refractivity contribution is 5.92. The van der Waals surface area contributed by atoms with Gasteiger partial charge in [0.25, 0.3) is 5.69 Å². The molecule has 0 aliphatic heterocycles. The maximum absolute atomic E-state index is 12.3. The first-order chi connectivity index (χ1) is 14.1. The minimum Gasteiger partial charge on any atom is -0.493 e. The average molecular weight is 415 g/mol. The number of amides is 1. The van der Waals surface area contributed by atoms with E-state index in [2.05, 4.69) is 10.5 Å². The lowest BCUT2D eigenvalue weighted by Gasteiger charge is -2.18. The molecular weight excluding hydrogens is 394 g/mol. The van der Waals surface area contributed by atoms with Gasteiger partial charge >= 0.3 is 12.1 Å². The highest BCUT2D eigenvalue weighted by atomic mass is 16.6. The number of nitrogens with zero attached hydrogens (tertiary/aromatic N) is 2. The molecule has 2 rings (SSSR count). The van der Waals surface area contributed by atoms with Gasteiger partial charge in [0.05, 0.1) is 23.8 Å². The summed E-state index contributed by atoms with van der Waals surface area (Å²) in [4.78, 5) is 34.0. The second kappa shape index (κ2) is 9.50. The number of hydrazone groups is 1. The maximum atomic E-state index is 12.3. The van der Waals surface area contributed by atoms with Gasteiger partial charge in [-0.3, -0.25) is 10.1 Å². The lowest BCUT2D eigenvalue weighted by atomic mass is 10.2. The number of nitro groups is 1. The van der Waals surface area contributed by atoms with E-state index in [1.54, 1.807) is 32.9 Å². The van der Waals surface area contributed by atoms with Crippen molar-refractivity contribution in [3.05, 3.63) is 63.7 Å². The normalized spacial score (nSPS) is 11.1. The summed E-state index contributed by atoms with van der Waals surface area (Å²) in [6.45, 7) is 5.20. The molecule has 158 valence electrons. The predicted octanol–water partition coefficient (Wildman–Crippen LogP) is 3.68. The van der Waals surface area contributed by atoms with Crippen LogP contribution in [0, 0.1) is 10.1 Å². The van der Waals surface area contributed by atoms with Gasteiger partial charge in [-0.25, -0.2) is 15.0 Å². The lowest BCUT2D eigenvalue weighted by Crippen LogP contribution is -2.29. The Morgan fingerprint density at radius 3 is 2.33 bits per heavy atom. The van der Waals surface area contributed by atoms with E-state index in [0.717, 1.165) is 0 Å². The Morgan fingerprint density at radius 1 is 1.10 bits per heavy atom. The fourth-order valence-electron chi connectivity index (χ4n) is 2.19. The third-order valence-electron chi connectivity index (χ3n) is 3.47. The molecule has 0 spiro atoms. The van der Waals surface area contributed by atoms with Crippen molar-refractivity contribution in [2.45, 2.75) is 26.4 Å². The molecule has 0 unspecified atom stereocenters. The standard InChI is InChI=1S/C20H21N3O7/c1-20(2,3)30-19(25)22-21-12-13-5-10-16(17(11-13)28-4)29-18(24)14-6-8-15(9-7-14)23(26)27/h5-12H,1-4H3,(H,22,25)/b21-12-. The number of methoxy groups -OCH3 is 1. The van der Waals surface area contributed by atoms with Crippen LogP contribution in [0.1, 0.15) is 36.7 Å². The van der Waals surface area contributed by atoms with Crippen molar-refractivity contribution in [1.29, 1.82) is 0 Å². The van der Waals surface area contributed by atoms with Gasteiger partial charge in [-0.15, -0.1) is 0 Å². The van der Waals surface area contributed by atoms with Gasteiger partial charge in [0, 0.05) is 12.1 Å². The highest BCUT2D eigenvalue weighted by Crippen LogP contribution is 2.28. The lowest BCUT2D eigenvalue weighted by molar-refractivity contribution is -0.384. The number of nitro benzene ring substituents is 1. The molecule has 0 heterocycles. The minimum absolute atomic E-state index is 0.132. The quantitative estimate of drug-likeness (QED) is 0.250. The van der Waals surface area contributed by atoms with Crippen LogP contribution < -0.4 is 14.9 Å². The number of carbonyl (C=O) groups is 2. The molecule has 1 N–H and O–H groups in total. The first-order valence-corrected chi connectivity index (χ1v) is 8.76. The molecule has 0 aliphatic carbocycles. The SMILES string of the molecule is COc1cc(/C=N\NC(=O)OC(C)(C)C)ccc1OC(=O)c1ccc([N+](=O)[O-])cc1. The summed E-state index contributed by atoms with van der Waals surface area (Å²) in [5.41, 5.74) is 2.18. The molecule has 0 saturated heterocycles. The zero-order chi connectivity index (χ0) is 22.3. The first-order valence-electron chi connectivity index (χ1n) is 8.76. The summed E-state index contributed by atoms with van der Waals surface area (Å²) >= 11 is 0. The van der Waals surface area contributed by atoms with Gasteiger partial charge in [0.15, 0.2) is 11.5 Å². The Hall–Kier alpha value is -3.95. The molecule has 0 radical (unpaired) electrons. The molecule has 10 nitrogen and oxygen atoms in total. The third kappa shape index (κ3) is 6.59. The average Bonchev–Trinajstić information content (AvgIpc) is 2.67. The van der Waals surface area contributed by atoms with Crippen molar-refractivity contribution in [1.82, 2.24) is 5.43 Å². The summed E-state index contributed by atoms with van der Waals surface area (Å²) in [6.07, 6.45) is 0.674. The van der Waals surface area contributed by atoms with Crippen LogP contribution in [-0.4, -0.2) is 35.9 Å². The van der Waals surface area contributed by atoms with E-state index in [-0.39, 0.29) is 22.7 Å². The number of esters is 1. The zero-order valence-corrected chi connectivity index (χ0v) is 16.9. The second-order valence-electron chi connectivity index (χ2n) is 6.98. The van der Waals surface area contributed by atoms with Crippen molar-refractivity contribution in [2.75, 3.05) is 7.11 Å². The van der Waals surface area contributed by atoms with Crippen LogP contribution in [0.4, 0.5) is 10.5 Å². The number of carbonyl (C=O) groups excluding carboxylic acids is 2. The molecule has 0 fully saturated rings. The molecule has 0 saturated carbocycles. The van der Waals surface area contributed by atoms with E-state index in [0.29, 0.717) is 5.56 Å². The number of nitrogens with one attached hydrogen (secondary N) is 1. The summed E-state index contributed by atoms with van der Waals surface area (Å²) < 4.78 is 15.6. The number of hydrogen-bond donors (Lipinski definition) is 1. The number of ether oxygens (including phenoxy) is 3. The van der Waals surface area contributed by atoms with Gasteiger partial charge in [-0.2, -0.15) is 5.10 Å². The molecule has 1 amide bonds. The van der Waals surface area contributed by atoms with Crippen LogP contribution in [-0.2, 0) is 4.74 Å². The molecule has 2 aromatic rings. The van der Waals surface area contributed by atoms with E-state index < -0.39 is 22.6 Å². The number of hydrogen-bond acceptors (Lipinski definition) is 8. The molecule has 0 aliphatic rings. The molecule has 0 bridgehead atoms. The smallest absolute Gasteiger partial charge is 0.428 e. The highest BCUT2D eigenvalue weighted by Gasteiger charge is 2.16. The van der Waals surface area contributed by atoms with Crippen LogP contribution in [0.5, 0.6) is 11.5 Å². The van der Waals surface area contributed by atoms with Gasteiger partial charge < -0.3 is 14.2 Å². The van der Waals surface area contributed by atoms with Crippen molar-refractivity contribution < 1.29 is 28.7 Å². The van der Waals surface area contributed by atoms with Gasteiger partial charge in [-0.1, -0.05) is 0 Å². The summed E-state index contributed by atoms with van der Waals surface area (Å²) in [7, 11) is 1.40. The summed E-state index contributed by atoms with van der Waals surface area (Å²) in [5, 5.41) is 14.5. The Kier molecular flexibility index (Phi) is 7.08. The van der Waals surface area contributed by atoms with Crippen LogP contribution >= 0.6 is 0 Å². The molecule has 2 aromatic carbocycles. The fraction of sp³-hybridized carbons (Fsp3) is 0.250. The monoisotopic (exact) mass is 415 g/mol. The van der Waals surface area contributed by atoms with Gasteiger partial charge in [0.2, 0.25) is 0 Å². The maximum Gasteiger partial charge on any atom is 0.428 e. The number of rotatable bonds is 6. The molecule has 0 aromatic heterocycles. The fourth-order valence-corrected chi connectivity index (χ4v) is 2.19. The molecular formula is C20H21N3O7. The van der Waals surface area contributed by atoms with E-state index in [1.165, 1.54) is 43.7 Å². The van der Waals surface area contributed by atoms with E-state index >= 15 is 0 Å². The van der Waals surface area contributed by atoms with Crippen LogP contribution in [0.15, 0.2) is 47.6 Å². The number of non-ortho nitro benzene ring substituents is 1. The number of benzene rings is 2. The second-order valence-corrected chi connectivity index (χ2v) is 6.98. The van der Waals surface area contributed by atoms with E-state index in [1.807, 2.05) is 0 Å². The Labute approximate surface area is 172 Å². The largest absolute Gasteiger partial charge is 0.493 e. The topological polar surface area (TPSA) is 129 Å². The van der Waals surface area contributed by atoms with E-state index in [4.69, 9.17) is 14.2 Å². The van der Waals surface area contributed by atoms with Gasteiger partial charge in [0.1, 0.15) is 5.60 Å². The van der Waals surface area contributed by atoms with Crippen molar-refractivity contribution in [3.8, 4) is 11.5 Å². The Balaban J connectivity index is 2.06. The van der Waals surface area contributed by atoms with Crippen LogP contribution in [0.25, 0.3) is 0 Å². The Bertz CT molecular complexity index is 963. The summed E-state index contributed by atoms with van der Waals surface area (Å²) in [5.74, 6) is -0.291. The first kappa shape index (κ1) is 22.3. The van der Waals surface area contributed by atoms with E-state index in [9.17, 15) is 19.7 Å². The minimum atomic E-state index is -0.698. The predicted molar refractivity (Wildman–Crippen MR) is 108 cm³/mol. The van der Waals surface area contributed by atoms with Crippen LogP contribution in [0.3, 0.4) is 0 Å². The molecule has 30 heavy (non-hydrogen) atoms. The van der Waals surface area contributed by atoms with Gasteiger partial charge in [-0.05, 0) is 56.7 Å². The van der Waals surface area contributed by atoms with Crippen molar-refractivity contribution >= 4 is 24.0 Å².